The summed E-state index contributed by atoms with van der Waals surface area (Å²) in [5.74, 6) is -0.634. The van der Waals surface area contributed by atoms with Crippen LogP contribution >= 0.6 is 0 Å². The molecule has 0 saturated heterocycles. The number of carbonyl (C=O) groups is 1. The number of hydrogen-bond acceptors (Lipinski definition) is 3. The van der Waals surface area contributed by atoms with Gasteiger partial charge in [0.1, 0.15) is 5.75 Å². The van der Waals surface area contributed by atoms with E-state index in [1.54, 1.807) is 13.8 Å². The van der Waals surface area contributed by atoms with Crippen LogP contribution < -0.4 is 15.8 Å². The van der Waals surface area contributed by atoms with Crippen LogP contribution in [0.5, 0.6) is 5.75 Å². The highest BCUT2D eigenvalue weighted by molar-refractivity contribution is 5.81. The van der Waals surface area contributed by atoms with Crippen molar-refractivity contribution in [2.24, 2.45) is 5.73 Å². The van der Waals surface area contributed by atoms with Gasteiger partial charge >= 0.3 is 6.36 Å². The molecule has 1 aromatic rings. The molecule has 3 N–H and O–H groups in total. The van der Waals surface area contributed by atoms with Crippen molar-refractivity contribution in [3.63, 3.8) is 0 Å². The summed E-state index contributed by atoms with van der Waals surface area (Å²) >= 11 is 0. The van der Waals surface area contributed by atoms with E-state index < -0.39 is 12.4 Å². The third-order valence-corrected chi connectivity index (χ3v) is 2.39. The average Bonchev–Trinajstić information content (AvgIpc) is 2.27. The molecular weight excluding hydrogens is 261 g/mol. The van der Waals surface area contributed by atoms with Crippen LogP contribution in [-0.4, -0.2) is 18.3 Å². The first-order valence-electron chi connectivity index (χ1n) is 5.60. The Labute approximate surface area is 108 Å². The van der Waals surface area contributed by atoms with E-state index in [1.165, 1.54) is 24.3 Å². The van der Waals surface area contributed by atoms with Gasteiger partial charge in [0.25, 0.3) is 0 Å². The quantitative estimate of drug-likeness (QED) is 0.885. The van der Waals surface area contributed by atoms with E-state index in [-0.39, 0.29) is 17.7 Å². The molecule has 2 atom stereocenters. The smallest absolute Gasteiger partial charge is 0.406 e. The fraction of sp³-hybridized carbons (Fsp3) is 0.417. The number of nitrogens with one attached hydrogen (secondary N) is 1. The molecule has 7 heteroatoms. The van der Waals surface area contributed by atoms with Crippen molar-refractivity contribution in [2.45, 2.75) is 32.3 Å². The molecule has 0 fully saturated rings. The van der Waals surface area contributed by atoms with E-state index in [0.717, 1.165) is 0 Å². The van der Waals surface area contributed by atoms with Gasteiger partial charge in [-0.05, 0) is 31.5 Å². The SMILES string of the molecule is CC(NC(=O)[C@@H](C)N)c1ccc(OC(F)(F)F)cc1. The van der Waals surface area contributed by atoms with E-state index in [0.29, 0.717) is 5.56 Å². The van der Waals surface area contributed by atoms with E-state index in [2.05, 4.69) is 10.1 Å². The molecule has 106 valence electrons. The first-order chi connectivity index (χ1) is 8.69. The number of carbonyl (C=O) groups excluding carboxylic acids is 1. The molecule has 0 aliphatic rings. The summed E-state index contributed by atoms with van der Waals surface area (Å²) in [5, 5.41) is 2.64. The predicted octanol–water partition coefficient (Wildman–Crippen LogP) is 2.11. The van der Waals surface area contributed by atoms with Crippen molar-refractivity contribution in [3.05, 3.63) is 29.8 Å². The van der Waals surface area contributed by atoms with Gasteiger partial charge in [0, 0.05) is 0 Å². The third-order valence-electron chi connectivity index (χ3n) is 2.39. The molecule has 0 aliphatic heterocycles. The summed E-state index contributed by atoms with van der Waals surface area (Å²) in [4.78, 5) is 11.4. The zero-order valence-electron chi connectivity index (χ0n) is 10.5. The van der Waals surface area contributed by atoms with Gasteiger partial charge in [-0.15, -0.1) is 13.2 Å². The van der Waals surface area contributed by atoms with Crippen LogP contribution in [0.3, 0.4) is 0 Å². The van der Waals surface area contributed by atoms with E-state index >= 15 is 0 Å². The standard InChI is InChI=1S/C12H15F3N2O2/c1-7(16)11(18)17-8(2)9-3-5-10(6-4-9)19-12(13,14)15/h3-8H,16H2,1-2H3,(H,17,18)/t7-,8?/m1/s1. The van der Waals surface area contributed by atoms with Gasteiger partial charge in [-0.3, -0.25) is 4.79 Å². The molecule has 0 saturated carbocycles. The molecule has 0 aromatic heterocycles. The summed E-state index contributed by atoms with van der Waals surface area (Å²) in [6.45, 7) is 3.25. The van der Waals surface area contributed by atoms with Crippen molar-refractivity contribution < 1.29 is 22.7 Å². The van der Waals surface area contributed by atoms with Gasteiger partial charge in [0.15, 0.2) is 0 Å². The molecule has 1 unspecified atom stereocenters. The zero-order valence-corrected chi connectivity index (χ0v) is 10.5. The highest BCUT2D eigenvalue weighted by Crippen LogP contribution is 2.24. The van der Waals surface area contributed by atoms with Crippen molar-refractivity contribution in [3.8, 4) is 5.75 Å². The number of benzene rings is 1. The van der Waals surface area contributed by atoms with Crippen molar-refractivity contribution in [1.29, 1.82) is 0 Å². The zero-order chi connectivity index (χ0) is 14.6. The molecule has 0 spiro atoms. The fourth-order valence-corrected chi connectivity index (χ4v) is 1.39. The molecular formula is C12H15F3N2O2. The van der Waals surface area contributed by atoms with Gasteiger partial charge in [0.05, 0.1) is 12.1 Å². The Balaban J connectivity index is 2.68. The molecule has 0 aliphatic carbocycles. The Morgan fingerprint density at radius 3 is 2.21 bits per heavy atom. The monoisotopic (exact) mass is 276 g/mol. The maximum absolute atomic E-state index is 12.0. The second-order valence-corrected chi connectivity index (χ2v) is 4.14. The van der Waals surface area contributed by atoms with Crippen LogP contribution in [-0.2, 0) is 4.79 Å². The van der Waals surface area contributed by atoms with Crippen LogP contribution in [0.15, 0.2) is 24.3 Å². The second-order valence-electron chi connectivity index (χ2n) is 4.14. The number of nitrogens with two attached hydrogens (primary N) is 1. The van der Waals surface area contributed by atoms with Crippen LogP contribution in [0, 0.1) is 0 Å². The van der Waals surface area contributed by atoms with Gasteiger partial charge in [-0.2, -0.15) is 0 Å². The van der Waals surface area contributed by atoms with Gasteiger partial charge in [-0.25, -0.2) is 0 Å². The molecule has 0 radical (unpaired) electrons. The van der Waals surface area contributed by atoms with Crippen molar-refractivity contribution in [2.75, 3.05) is 0 Å². The molecule has 4 nitrogen and oxygen atoms in total. The van der Waals surface area contributed by atoms with Crippen LogP contribution in [0.2, 0.25) is 0 Å². The maximum atomic E-state index is 12.0. The van der Waals surface area contributed by atoms with Crippen LogP contribution in [0.25, 0.3) is 0 Å². The average molecular weight is 276 g/mol. The minimum Gasteiger partial charge on any atom is -0.406 e. The summed E-state index contributed by atoms with van der Waals surface area (Å²) in [6, 6.07) is 4.29. The molecule has 0 bridgehead atoms. The lowest BCUT2D eigenvalue weighted by atomic mass is 10.1. The van der Waals surface area contributed by atoms with Crippen LogP contribution in [0.4, 0.5) is 13.2 Å². The van der Waals surface area contributed by atoms with E-state index in [9.17, 15) is 18.0 Å². The lowest BCUT2D eigenvalue weighted by molar-refractivity contribution is -0.274. The first kappa shape index (κ1) is 15.3. The highest BCUT2D eigenvalue weighted by Gasteiger charge is 2.31. The number of halogens is 3. The molecule has 0 heterocycles. The van der Waals surface area contributed by atoms with Gasteiger partial charge in [-0.1, -0.05) is 12.1 Å². The Morgan fingerprint density at radius 1 is 1.26 bits per heavy atom. The maximum Gasteiger partial charge on any atom is 0.573 e. The number of ether oxygens (including phenoxy) is 1. The summed E-state index contributed by atoms with van der Waals surface area (Å²) < 4.78 is 39.7. The minimum absolute atomic E-state index is 0.304. The number of hydrogen-bond donors (Lipinski definition) is 2. The van der Waals surface area contributed by atoms with Crippen molar-refractivity contribution in [1.82, 2.24) is 5.32 Å². The second kappa shape index (κ2) is 5.92. The van der Waals surface area contributed by atoms with E-state index in [1.807, 2.05) is 0 Å². The van der Waals surface area contributed by atoms with Crippen LogP contribution in [0.1, 0.15) is 25.5 Å². The summed E-state index contributed by atoms with van der Waals surface area (Å²) in [6.07, 6.45) is -4.71. The van der Waals surface area contributed by atoms with E-state index in [4.69, 9.17) is 5.73 Å². The lowest BCUT2D eigenvalue weighted by Gasteiger charge is -2.16. The lowest BCUT2D eigenvalue weighted by Crippen LogP contribution is -2.39. The molecule has 1 amide bonds. The Morgan fingerprint density at radius 2 is 1.79 bits per heavy atom. The van der Waals surface area contributed by atoms with Gasteiger partial charge < -0.3 is 15.8 Å². The molecule has 1 rings (SSSR count). The fourth-order valence-electron chi connectivity index (χ4n) is 1.39. The summed E-state index contributed by atoms with van der Waals surface area (Å²) in [5.41, 5.74) is 6.05. The number of rotatable bonds is 4. The van der Waals surface area contributed by atoms with Crippen molar-refractivity contribution >= 4 is 5.91 Å². The Bertz CT molecular complexity index is 430. The summed E-state index contributed by atoms with van der Waals surface area (Å²) in [7, 11) is 0. The molecule has 1 aromatic carbocycles. The first-order valence-corrected chi connectivity index (χ1v) is 5.60. The third kappa shape index (κ3) is 5.17. The normalized spacial score (nSPS) is 14.6. The highest BCUT2D eigenvalue weighted by atomic mass is 19.4. The molecule has 19 heavy (non-hydrogen) atoms. The minimum atomic E-state index is -4.71. The number of alkyl halides is 3. The largest absolute Gasteiger partial charge is 0.573 e. The predicted molar refractivity (Wildman–Crippen MR) is 63.3 cm³/mol. The number of amides is 1. The Kier molecular flexibility index (Phi) is 4.77. The topological polar surface area (TPSA) is 64.4 Å². The Hall–Kier alpha value is -1.76. The van der Waals surface area contributed by atoms with Gasteiger partial charge in [0.2, 0.25) is 5.91 Å².